The largest absolute Gasteiger partial charge is 0.416 e. The van der Waals surface area contributed by atoms with Crippen LogP contribution in [0.2, 0.25) is 0 Å². The zero-order valence-electron chi connectivity index (χ0n) is 10.4. The van der Waals surface area contributed by atoms with Crippen molar-refractivity contribution >= 4 is 0 Å². The molecule has 0 spiro atoms. The molecule has 96 valence electrons. The van der Waals surface area contributed by atoms with Gasteiger partial charge in [0, 0.05) is 0 Å². The zero-order valence-corrected chi connectivity index (χ0v) is 10.4. The van der Waals surface area contributed by atoms with E-state index in [-0.39, 0.29) is 5.92 Å². The highest BCUT2D eigenvalue weighted by Gasteiger charge is 2.33. The molecule has 17 heavy (non-hydrogen) atoms. The summed E-state index contributed by atoms with van der Waals surface area (Å²) in [6, 6.07) is 3.45. The van der Waals surface area contributed by atoms with Gasteiger partial charge in [-0.1, -0.05) is 19.9 Å². The lowest BCUT2D eigenvalue weighted by molar-refractivity contribution is -0.137. The van der Waals surface area contributed by atoms with E-state index >= 15 is 0 Å². The summed E-state index contributed by atoms with van der Waals surface area (Å²) in [5.41, 5.74) is -0.800. The molecule has 1 atom stereocenters. The molecule has 1 aromatic carbocycles. The maximum Gasteiger partial charge on any atom is 0.416 e. The third-order valence-electron chi connectivity index (χ3n) is 3.22. The molecular formula is C13H17F3O. The Labute approximate surface area is 99.3 Å². The first-order valence-corrected chi connectivity index (χ1v) is 5.47. The van der Waals surface area contributed by atoms with E-state index in [2.05, 4.69) is 0 Å². The summed E-state index contributed by atoms with van der Waals surface area (Å²) < 4.78 is 37.5. The fourth-order valence-electron chi connectivity index (χ4n) is 1.72. The first kappa shape index (κ1) is 14.0. The van der Waals surface area contributed by atoms with Crippen LogP contribution in [-0.4, -0.2) is 5.11 Å². The third-order valence-corrected chi connectivity index (χ3v) is 3.22. The first-order valence-electron chi connectivity index (χ1n) is 5.47. The van der Waals surface area contributed by atoms with Crippen molar-refractivity contribution < 1.29 is 18.3 Å². The van der Waals surface area contributed by atoms with Crippen LogP contribution in [0.1, 0.15) is 37.5 Å². The van der Waals surface area contributed by atoms with Gasteiger partial charge in [0.15, 0.2) is 0 Å². The average Bonchev–Trinajstić information content (AvgIpc) is 2.15. The molecule has 1 N–H and O–H groups in total. The Bertz CT molecular complexity index is 406. The van der Waals surface area contributed by atoms with Crippen LogP contribution in [0.25, 0.3) is 0 Å². The predicted octanol–water partition coefficient (Wildman–Crippen LogP) is 3.88. The molecule has 0 aliphatic rings. The van der Waals surface area contributed by atoms with Crippen LogP contribution in [0.3, 0.4) is 0 Å². The van der Waals surface area contributed by atoms with E-state index < -0.39 is 17.3 Å². The van der Waals surface area contributed by atoms with E-state index in [4.69, 9.17) is 0 Å². The van der Waals surface area contributed by atoms with Crippen molar-refractivity contribution in [3.05, 3.63) is 34.9 Å². The van der Waals surface area contributed by atoms with Gasteiger partial charge in [-0.3, -0.25) is 0 Å². The molecule has 0 radical (unpaired) electrons. The fraction of sp³-hybridized carbons (Fsp3) is 0.538. The van der Waals surface area contributed by atoms with Crippen molar-refractivity contribution in [2.75, 3.05) is 0 Å². The molecule has 0 heterocycles. The summed E-state index contributed by atoms with van der Waals surface area (Å²) >= 11 is 0. The molecule has 1 rings (SSSR count). The Kier molecular flexibility index (Phi) is 3.58. The Morgan fingerprint density at radius 2 is 1.71 bits per heavy atom. The normalized spacial score (nSPS) is 16.1. The molecule has 0 aromatic heterocycles. The van der Waals surface area contributed by atoms with Gasteiger partial charge in [-0.2, -0.15) is 13.2 Å². The van der Waals surface area contributed by atoms with Gasteiger partial charge in [0.25, 0.3) is 0 Å². The van der Waals surface area contributed by atoms with Gasteiger partial charge in [-0.05, 0) is 43.0 Å². The molecule has 0 aliphatic carbocycles. The highest BCUT2D eigenvalue weighted by molar-refractivity contribution is 5.36. The third kappa shape index (κ3) is 2.80. The number of aryl methyl sites for hydroxylation is 1. The van der Waals surface area contributed by atoms with Gasteiger partial charge in [-0.25, -0.2) is 0 Å². The predicted molar refractivity (Wildman–Crippen MR) is 60.6 cm³/mol. The Morgan fingerprint density at radius 1 is 1.18 bits per heavy atom. The Balaban J connectivity index is 3.24. The van der Waals surface area contributed by atoms with E-state index in [1.165, 1.54) is 6.07 Å². The maximum absolute atomic E-state index is 12.5. The van der Waals surface area contributed by atoms with E-state index in [9.17, 15) is 18.3 Å². The fourth-order valence-corrected chi connectivity index (χ4v) is 1.72. The van der Waals surface area contributed by atoms with Crippen LogP contribution in [0, 0.1) is 12.8 Å². The molecule has 0 aliphatic heterocycles. The number of hydrogen-bond donors (Lipinski definition) is 1. The van der Waals surface area contributed by atoms with E-state index in [1.54, 1.807) is 13.8 Å². The van der Waals surface area contributed by atoms with Gasteiger partial charge in [0.05, 0.1) is 11.2 Å². The second kappa shape index (κ2) is 4.33. The molecule has 0 amide bonds. The summed E-state index contributed by atoms with van der Waals surface area (Å²) in [6.07, 6.45) is -4.34. The molecule has 0 saturated heterocycles. The smallest absolute Gasteiger partial charge is 0.385 e. The highest BCUT2D eigenvalue weighted by atomic mass is 19.4. The first-order chi connectivity index (χ1) is 7.56. The second-order valence-electron chi connectivity index (χ2n) is 4.83. The zero-order chi connectivity index (χ0) is 13.4. The van der Waals surface area contributed by atoms with Crippen molar-refractivity contribution in [3.63, 3.8) is 0 Å². The number of rotatable bonds is 2. The van der Waals surface area contributed by atoms with Gasteiger partial charge in [0.1, 0.15) is 0 Å². The summed E-state index contributed by atoms with van der Waals surface area (Å²) in [6.45, 7) is 6.86. The molecule has 0 fully saturated rings. The van der Waals surface area contributed by atoms with Crippen LogP contribution in [0.4, 0.5) is 13.2 Å². The summed E-state index contributed by atoms with van der Waals surface area (Å²) in [5.74, 6) is -0.0714. The monoisotopic (exact) mass is 246 g/mol. The van der Waals surface area contributed by atoms with Crippen LogP contribution < -0.4 is 0 Å². The molecular weight excluding hydrogens is 229 g/mol. The minimum Gasteiger partial charge on any atom is -0.385 e. The molecule has 0 saturated carbocycles. The number of hydrogen-bond acceptors (Lipinski definition) is 1. The molecule has 1 aromatic rings. The summed E-state index contributed by atoms with van der Waals surface area (Å²) in [7, 11) is 0. The van der Waals surface area contributed by atoms with E-state index in [0.717, 1.165) is 12.1 Å². The van der Waals surface area contributed by atoms with Gasteiger partial charge < -0.3 is 5.11 Å². The van der Waals surface area contributed by atoms with Crippen LogP contribution >= 0.6 is 0 Å². The van der Waals surface area contributed by atoms with Crippen LogP contribution in [0.5, 0.6) is 0 Å². The lowest BCUT2D eigenvalue weighted by Crippen LogP contribution is -2.29. The molecule has 0 bridgehead atoms. The van der Waals surface area contributed by atoms with Crippen molar-refractivity contribution in [1.82, 2.24) is 0 Å². The van der Waals surface area contributed by atoms with Gasteiger partial charge >= 0.3 is 6.18 Å². The van der Waals surface area contributed by atoms with Crippen molar-refractivity contribution in [2.24, 2.45) is 5.92 Å². The highest BCUT2D eigenvalue weighted by Crippen LogP contribution is 2.35. The topological polar surface area (TPSA) is 20.2 Å². The SMILES string of the molecule is Cc1cc(C(F)(F)F)ccc1C(C)(O)C(C)C. The summed E-state index contributed by atoms with van der Waals surface area (Å²) in [4.78, 5) is 0. The lowest BCUT2D eigenvalue weighted by Gasteiger charge is -2.30. The number of alkyl halides is 3. The Morgan fingerprint density at radius 3 is 2.06 bits per heavy atom. The number of benzene rings is 1. The maximum atomic E-state index is 12.5. The van der Waals surface area contributed by atoms with Gasteiger partial charge in [0.2, 0.25) is 0 Å². The van der Waals surface area contributed by atoms with Crippen LogP contribution in [-0.2, 0) is 11.8 Å². The van der Waals surface area contributed by atoms with E-state index in [0.29, 0.717) is 11.1 Å². The van der Waals surface area contributed by atoms with Crippen molar-refractivity contribution in [3.8, 4) is 0 Å². The average molecular weight is 246 g/mol. The van der Waals surface area contributed by atoms with Crippen molar-refractivity contribution in [2.45, 2.75) is 39.5 Å². The Hall–Kier alpha value is -1.03. The minimum absolute atomic E-state index is 0.0714. The van der Waals surface area contributed by atoms with E-state index in [1.807, 2.05) is 13.8 Å². The second-order valence-corrected chi connectivity index (χ2v) is 4.83. The lowest BCUT2D eigenvalue weighted by atomic mass is 9.82. The minimum atomic E-state index is -4.34. The number of aliphatic hydroxyl groups is 1. The van der Waals surface area contributed by atoms with Crippen molar-refractivity contribution in [1.29, 1.82) is 0 Å². The molecule has 1 nitrogen and oxygen atoms in total. The summed E-state index contributed by atoms with van der Waals surface area (Å²) in [5, 5.41) is 10.3. The number of halogens is 3. The van der Waals surface area contributed by atoms with Crippen LogP contribution in [0.15, 0.2) is 18.2 Å². The quantitative estimate of drug-likeness (QED) is 0.839. The standard InChI is InChI=1S/C13H17F3O/c1-8(2)12(4,17)11-6-5-10(7-9(11)3)13(14,15)16/h5-8,17H,1-4H3. The van der Waals surface area contributed by atoms with Gasteiger partial charge in [-0.15, -0.1) is 0 Å². The molecule has 4 heteroatoms. The molecule has 1 unspecified atom stereocenters.